The van der Waals surface area contributed by atoms with Gasteiger partial charge in [0.25, 0.3) is 0 Å². The van der Waals surface area contributed by atoms with Crippen LogP contribution in [0.5, 0.6) is 0 Å². The minimum Gasteiger partial charge on any atom is -0.314 e. The second-order valence-electron chi connectivity index (χ2n) is 5.24. The fourth-order valence-electron chi connectivity index (χ4n) is 2.81. The van der Waals surface area contributed by atoms with Gasteiger partial charge in [-0.2, -0.15) is 0 Å². The van der Waals surface area contributed by atoms with E-state index in [4.69, 9.17) is 0 Å². The fourth-order valence-corrected chi connectivity index (χ4v) is 4.35. The summed E-state index contributed by atoms with van der Waals surface area (Å²) in [6.07, 6.45) is 0. The maximum atomic E-state index is 3.54. The zero-order chi connectivity index (χ0) is 12.5. The molecule has 3 rings (SSSR count). The lowest BCUT2D eigenvalue weighted by molar-refractivity contribution is 0.00432. The van der Waals surface area contributed by atoms with Crippen LogP contribution < -0.4 is 5.32 Å². The van der Waals surface area contributed by atoms with Crippen molar-refractivity contribution in [2.24, 2.45) is 0 Å². The molecule has 3 heterocycles. The summed E-state index contributed by atoms with van der Waals surface area (Å²) >= 11 is 5.40. The maximum Gasteiger partial charge on any atom is 0.0415 e. The van der Waals surface area contributed by atoms with Gasteiger partial charge in [-0.15, -0.1) is 11.3 Å². The van der Waals surface area contributed by atoms with E-state index in [2.05, 4.69) is 49.4 Å². The van der Waals surface area contributed by atoms with Gasteiger partial charge in [-0.1, -0.05) is 0 Å². The highest BCUT2D eigenvalue weighted by molar-refractivity contribution is 9.10. The van der Waals surface area contributed by atoms with Crippen LogP contribution in [0, 0.1) is 0 Å². The van der Waals surface area contributed by atoms with Crippen molar-refractivity contribution in [3.8, 4) is 0 Å². The van der Waals surface area contributed by atoms with E-state index in [9.17, 15) is 0 Å². The van der Waals surface area contributed by atoms with Crippen molar-refractivity contribution in [2.75, 3.05) is 39.3 Å². The SMILES string of the molecule is CC(c1cc(Br)cs1)N1CC(N2CCNCC2)C1. The summed E-state index contributed by atoms with van der Waals surface area (Å²) in [6.45, 7) is 9.54. The Morgan fingerprint density at radius 3 is 2.72 bits per heavy atom. The van der Waals surface area contributed by atoms with Crippen molar-refractivity contribution >= 4 is 27.3 Å². The number of halogens is 1. The molecule has 1 atom stereocenters. The Morgan fingerprint density at radius 2 is 2.11 bits per heavy atom. The number of hydrogen-bond donors (Lipinski definition) is 1. The number of piperazine rings is 1. The minimum absolute atomic E-state index is 0.570. The third-order valence-electron chi connectivity index (χ3n) is 4.11. The van der Waals surface area contributed by atoms with Gasteiger partial charge in [-0.3, -0.25) is 9.80 Å². The second-order valence-corrected chi connectivity index (χ2v) is 7.10. The monoisotopic (exact) mass is 329 g/mol. The fraction of sp³-hybridized carbons (Fsp3) is 0.692. The van der Waals surface area contributed by atoms with Gasteiger partial charge in [0.2, 0.25) is 0 Å². The topological polar surface area (TPSA) is 18.5 Å². The Kier molecular flexibility index (Phi) is 4.06. The molecule has 5 heteroatoms. The average molecular weight is 330 g/mol. The molecule has 1 aromatic heterocycles. The summed E-state index contributed by atoms with van der Waals surface area (Å²) in [5.41, 5.74) is 0. The van der Waals surface area contributed by atoms with E-state index >= 15 is 0 Å². The third-order valence-corrected chi connectivity index (χ3v) is 5.97. The normalized spacial score (nSPS) is 25.0. The van der Waals surface area contributed by atoms with Crippen LogP contribution in [0.15, 0.2) is 15.9 Å². The molecule has 1 N–H and O–H groups in total. The summed E-state index contributed by atoms with van der Waals surface area (Å²) in [7, 11) is 0. The Morgan fingerprint density at radius 1 is 1.39 bits per heavy atom. The Balaban J connectivity index is 1.52. The summed E-state index contributed by atoms with van der Waals surface area (Å²) in [5, 5.41) is 5.60. The maximum absolute atomic E-state index is 3.54. The van der Waals surface area contributed by atoms with Crippen LogP contribution in [-0.4, -0.2) is 55.1 Å². The molecule has 0 radical (unpaired) electrons. The number of nitrogens with zero attached hydrogens (tertiary/aromatic N) is 2. The van der Waals surface area contributed by atoms with E-state index in [0.29, 0.717) is 6.04 Å². The lowest BCUT2D eigenvalue weighted by Gasteiger charge is -2.49. The molecule has 100 valence electrons. The first-order valence-corrected chi connectivity index (χ1v) is 8.34. The molecule has 1 unspecified atom stereocenters. The lowest BCUT2D eigenvalue weighted by atomic mass is 10.0. The summed E-state index contributed by atoms with van der Waals surface area (Å²) in [6, 6.07) is 3.62. The number of likely N-dealkylation sites (tertiary alicyclic amines) is 1. The van der Waals surface area contributed by atoms with Crippen molar-refractivity contribution in [3.63, 3.8) is 0 Å². The Labute approximate surface area is 121 Å². The first-order chi connectivity index (χ1) is 8.74. The van der Waals surface area contributed by atoms with Crippen molar-refractivity contribution in [2.45, 2.75) is 19.0 Å². The standard InChI is InChI=1S/C13H20BrN3S/c1-10(13-6-11(14)9-18-13)17-7-12(8-17)16-4-2-15-3-5-16/h6,9-10,12,15H,2-5,7-8H2,1H3. The number of thiophene rings is 1. The van der Waals surface area contributed by atoms with Gasteiger partial charge >= 0.3 is 0 Å². The van der Waals surface area contributed by atoms with Gasteiger partial charge < -0.3 is 5.32 Å². The van der Waals surface area contributed by atoms with E-state index < -0.39 is 0 Å². The van der Waals surface area contributed by atoms with Gasteiger partial charge in [0.05, 0.1) is 0 Å². The number of rotatable bonds is 3. The molecule has 2 aliphatic rings. The first-order valence-electron chi connectivity index (χ1n) is 6.67. The molecule has 2 fully saturated rings. The van der Waals surface area contributed by atoms with Crippen LogP contribution >= 0.6 is 27.3 Å². The van der Waals surface area contributed by atoms with Crippen molar-refractivity contribution < 1.29 is 0 Å². The predicted molar refractivity (Wildman–Crippen MR) is 80.2 cm³/mol. The van der Waals surface area contributed by atoms with Crippen LogP contribution in [0.1, 0.15) is 17.8 Å². The van der Waals surface area contributed by atoms with E-state index in [0.717, 1.165) is 19.1 Å². The summed E-state index contributed by atoms with van der Waals surface area (Å²) in [5.74, 6) is 0. The molecule has 0 aliphatic carbocycles. The van der Waals surface area contributed by atoms with Gasteiger partial charge in [-0.25, -0.2) is 0 Å². The molecular formula is C13H20BrN3S. The second kappa shape index (κ2) is 5.59. The van der Waals surface area contributed by atoms with Gasteiger partial charge in [0.15, 0.2) is 0 Å². The van der Waals surface area contributed by atoms with E-state index in [1.807, 2.05) is 11.3 Å². The third kappa shape index (κ3) is 2.65. The zero-order valence-electron chi connectivity index (χ0n) is 10.7. The smallest absolute Gasteiger partial charge is 0.0415 e. The molecule has 0 amide bonds. The quantitative estimate of drug-likeness (QED) is 0.916. The van der Waals surface area contributed by atoms with Crippen LogP contribution in [0.4, 0.5) is 0 Å². The van der Waals surface area contributed by atoms with Crippen LogP contribution in [0.3, 0.4) is 0 Å². The lowest BCUT2D eigenvalue weighted by Crippen LogP contribution is -2.62. The van der Waals surface area contributed by atoms with E-state index in [1.165, 1.54) is 35.5 Å². The highest BCUT2D eigenvalue weighted by Crippen LogP contribution is 2.32. The molecule has 2 saturated heterocycles. The first kappa shape index (κ1) is 13.1. The molecule has 1 aromatic rings. The van der Waals surface area contributed by atoms with Gasteiger partial charge in [-0.05, 0) is 28.9 Å². The highest BCUT2D eigenvalue weighted by Gasteiger charge is 2.35. The van der Waals surface area contributed by atoms with E-state index in [-0.39, 0.29) is 0 Å². The Bertz CT molecular complexity index is 397. The molecule has 0 spiro atoms. The molecule has 0 aromatic carbocycles. The molecule has 2 aliphatic heterocycles. The van der Waals surface area contributed by atoms with Crippen molar-refractivity contribution in [1.29, 1.82) is 0 Å². The molecular weight excluding hydrogens is 310 g/mol. The highest BCUT2D eigenvalue weighted by atomic mass is 79.9. The van der Waals surface area contributed by atoms with Crippen LogP contribution in [0.25, 0.3) is 0 Å². The van der Waals surface area contributed by atoms with Crippen molar-refractivity contribution in [3.05, 3.63) is 20.8 Å². The Hall–Kier alpha value is 0.0600. The number of hydrogen-bond acceptors (Lipinski definition) is 4. The molecule has 3 nitrogen and oxygen atoms in total. The van der Waals surface area contributed by atoms with Crippen LogP contribution in [0.2, 0.25) is 0 Å². The van der Waals surface area contributed by atoms with Gasteiger partial charge in [0, 0.05) is 66.1 Å². The summed E-state index contributed by atoms with van der Waals surface area (Å²) in [4.78, 5) is 6.70. The predicted octanol–water partition coefficient (Wildman–Crippen LogP) is 2.16. The molecule has 0 bridgehead atoms. The molecule has 0 saturated carbocycles. The summed E-state index contributed by atoms with van der Waals surface area (Å²) < 4.78 is 1.22. The average Bonchev–Trinajstić information content (AvgIpc) is 2.75. The minimum atomic E-state index is 0.570. The largest absolute Gasteiger partial charge is 0.314 e. The van der Waals surface area contributed by atoms with Crippen molar-refractivity contribution in [1.82, 2.24) is 15.1 Å². The van der Waals surface area contributed by atoms with Crippen LogP contribution in [-0.2, 0) is 0 Å². The van der Waals surface area contributed by atoms with E-state index in [1.54, 1.807) is 0 Å². The molecule has 18 heavy (non-hydrogen) atoms. The van der Waals surface area contributed by atoms with Gasteiger partial charge in [0.1, 0.15) is 0 Å². The zero-order valence-corrected chi connectivity index (χ0v) is 13.1. The number of nitrogens with one attached hydrogen (secondary N) is 1.